The lowest BCUT2D eigenvalue weighted by atomic mass is 9.75. The Morgan fingerprint density at radius 2 is 1.32 bits per heavy atom. The highest BCUT2D eigenvalue weighted by Gasteiger charge is 2.48. The van der Waals surface area contributed by atoms with Crippen molar-refractivity contribution < 1.29 is 13.9 Å². The predicted molar refractivity (Wildman–Crippen MR) is 207 cm³/mol. The lowest BCUT2D eigenvalue weighted by molar-refractivity contribution is 0.00552. The van der Waals surface area contributed by atoms with E-state index in [4.69, 9.17) is 26.6 Å². The largest absolute Gasteiger partial charge is 0.353 e. The van der Waals surface area contributed by atoms with Gasteiger partial charge < -0.3 is 15.0 Å². The number of carbonyl (C=O) groups excluding carboxylic acids is 1. The second-order valence-corrected chi connectivity index (χ2v) is 15.2. The van der Waals surface area contributed by atoms with Gasteiger partial charge in [0, 0.05) is 31.3 Å². The summed E-state index contributed by atoms with van der Waals surface area (Å²) in [5, 5.41) is 16.0. The second kappa shape index (κ2) is 14.7. The van der Waals surface area contributed by atoms with Crippen LogP contribution < -0.4 is 5.32 Å². The fourth-order valence-corrected chi connectivity index (χ4v) is 8.05. The van der Waals surface area contributed by atoms with Gasteiger partial charge in [-0.2, -0.15) is 0 Å². The molecule has 0 radical (unpaired) electrons. The van der Waals surface area contributed by atoms with Crippen LogP contribution in [-0.2, 0) is 10.3 Å². The molecule has 4 aromatic carbocycles. The standard InChI is InChI=1S/C43H44ClFN6O2/c1-41(2,3)31-25-27-50(28-26-31)40(52)46-42(53-4)29-35(36(37(45)38(42)44)30-17-9-5-10-18-30)39-47-49-51(48-39)43(32-19-11-6-12-20-32,33-21-13-7-14-22-33)34-23-15-8-16-24-34/h5-24,29,31,38H,25-28H2,1-4H3,(H,46,52). The first-order valence-electron chi connectivity index (χ1n) is 18.0. The Morgan fingerprint density at radius 3 is 1.79 bits per heavy atom. The molecule has 0 spiro atoms. The summed E-state index contributed by atoms with van der Waals surface area (Å²) in [6, 6.07) is 38.7. The Balaban J connectivity index is 1.37. The number of ether oxygens (including phenoxy) is 1. The summed E-state index contributed by atoms with van der Waals surface area (Å²) in [5.74, 6) is -0.0562. The maximum Gasteiger partial charge on any atom is 0.319 e. The number of halogens is 2. The van der Waals surface area contributed by atoms with E-state index >= 15 is 4.39 Å². The predicted octanol–water partition coefficient (Wildman–Crippen LogP) is 8.71. The van der Waals surface area contributed by atoms with E-state index in [1.54, 1.807) is 27.9 Å². The van der Waals surface area contributed by atoms with E-state index in [-0.39, 0.29) is 28.4 Å². The molecule has 2 unspecified atom stereocenters. The fraction of sp³-hybridized carbons (Fsp3) is 0.302. The molecule has 2 atom stereocenters. The number of likely N-dealkylation sites (tertiary alicyclic amines) is 1. The van der Waals surface area contributed by atoms with E-state index in [2.05, 4.69) is 31.2 Å². The van der Waals surface area contributed by atoms with Gasteiger partial charge in [0.05, 0.1) is 0 Å². The smallest absolute Gasteiger partial charge is 0.319 e. The third-order valence-corrected chi connectivity index (χ3v) is 11.2. The molecule has 0 saturated carbocycles. The first-order chi connectivity index (χ1) is 25.6. The van der Waals surface area contributed by atoms with Crippen LogP contribution in [0.5, 0.6) is 0 Å². The van der Waals surface area contributed by atoms with E-state index in [1.807, 2.05) is 109 Å². The third-order valence-electron chi connectivity index (χ3n) is 10.7. The van der Waals surface area contributed by atoms with Crippen LogP contribution in [0.15, 0.2) is 133 Å². The van der Waals surface area contributed by atoms with Gasteiger partial charge in [-0.05, 0) is 57.7 Å². The molecule has 53 heavy (non-hydrogen) atoms. The number of hydrogen-bond acceptors (Lipinski definition) is 5. The minimum Gasteiger partial charge on any atom is -0.353 e. The number of carbonyl (C=O) groups is 1. The van der Waals surface area contributed by atoms with Crippen molar-refractivity contribution in [2.24, 2.45) is 11.3 Å². The maximum absolute atomic E-state index is 17.0. The molecule has 5 aromatic rings. The minimum atomic E-state index is -1.77. The van der Waals surface area contributed by atoms with Crippen molar-refractivity contribution in [3.05, 3.63) is 161 Å². The first kappa shape index (κ1) is 36.2. The zero-order valence-corrected chi connectivity index (χ0v) is 31.2. The SMILES string of the molecule is COC1(NC(=O)N2CCC(C(C)(C)C)CC2)C=C(c2nnn(C(c3ccccc3)(c3ccccc3)c3ccccc3)n2)C(c2ccccc2)=C(F)C1Cl. The summed E-state index contributed by atoms with van der Waals surface area (Å²) in [5.41, 5.74) is 1.08. The highest BCUT2D eigenvalue weighted by atomic mass is 35.5. The molecule has 10 heteroatoms. The Labute approximate surface area is 315 Å². The van der Waals surface area contributed by atoms with Gasteiger partial charge in [-0.3, -0.25) is 0 Å². The van der Waals surface area contributed by atoms with Crippen molar-refractivity contribution in [2.75, 3.05) is 20.2 Å². The monoisotopic (exact) mass is 730 g/mol. The molecule has 2 heterocycles. The zero-order valence-electron chi connectivity index (χ0n) is 30.4. The van der Waals surface area contributed by atoms with Gasteiger partial charge in [0.25, 0.3) is 0 Å². The number of piperidine rings is 1. The van der Waals surface area contributed by atoms with E-state index < -0.39 is 22.5 Å². The number of nitrogens with one attached hydrogen (secondary N) is 1. The number of alkyl halides is 1. The first-order valence-corrected chi connectivity index (χ1v) is 18.4. The molecule has 2 amide bonds. The van der Waals surface area contributed by atoms with Crippen molar-refractivity contribution in [3.63, 3.8) is 0 Å². The lowest BCUT2D eigenvalue weighted by Gasteiger charge is -2.42. The Morgan fingerprint density at radius 1 is 0.830 bits per heavy atom. The van der Waals surface area contributed by atoms with Crippen molar-refractivity contribution in [1.82, 2.24) is 30.4 Å². The Hall–Kier alpha value is -5.12. The number of nitrogens with zero attached hydrogens (tertiary/aromatic N) is 5. The van der Waals surface area contributed by atoms with Crippen LogP contribution in [0.25, 0.3) is 11.1 Å². The number of aromatic nitrogens is 4. The van der Waals surface area contributed by atoms with Crippen molar-refractivity contribution in [3.8, 4) is 0 Å². The highest BCUT2D eigenvalue weighted by molar-refractivity contribution is 6.26. The summed E-state index contributed by atoms with van der Waals surface area (Å²) in [6.07, 6.45) is 3.37. The van der Waals surface area contributed by atoms with Gasteiger partial charge in [-0.15, -0.1) is 26.6 Å². The summed E-state index contributed by atoms with van der Waals surface area (Å²) in [6.45, 7) is 7.83. The molecule has 8 nitrogen and oxygen atoms in total. The Bertz CT molecular complexity index is 2000. The van der Waals surface area contributed by atoms with Gasteiger partial charge in [0.2, 0.25) is 5.82 Å². The number of hydrogen-bond donors (Lipinski definition) is 1. The fourth-order valence-electron chi connectivity index (χ4n) is 7.73. The van der Waals surface area contributed by atoms with Crippen LogP contribution in [0.3, 0.4) is 0 Å². The molecule has 1 fully saturated rings. The van der Waals surface area contributed by atoms with E-state index in [1.165, 1.54) is 7.11 Å². The van der Waals surface area contributed by atoms with Crippen LogP contribution in [-0.4, -0.2) is 62.4 Å². The molecule has 1 aliphatic heterocycles. The van der Waals surface area contributed by atoms with Crippen LogP contribution in [0.1, 0.15) is 61.7 Å². The van der Waals surface area contributed by atoms with Crippen LogP contribution in [0.2, 0.25) is 0 Å². The van der Waals surface area contributed by atoms with E-state index in [0.717, 1.165) is 29.5 Å². The number of benzene rings is 4. The van der Waals surface area contributed by atoms with Gasteiger partial charge in [0.1, 0.15) is 11.2 Å². The number of methoxy groups -OCH3 is 1. The number of amides is 2. The highest BCUT2D eigenvalue weighted by Crippen LogP contribution is 2.46. The summed E-state index contributed by atoms with van der Waals surface area (Å²) < 4.78 is 23.0. The molecule has 1 N–H and O–H groups in total. The van der Waals surface area contributed by atoms with Gasteiger partial charge in [0.15, 0.2) is 11.3 Å². The van der Waals surface area contributed by atoms with Crippen LogP contribution >= 0.6 is 11.6 Å². The number of tetrazole rings is 1. The summed E-state index contributed by atoms with van der Waals surface area (Å²) in [4.78, 5) is 17.2. The summed E-state index contributed by atoms with van der Waals surface area (Å²) in [7, 11) is 1.41. The van der Waals surface area contributed by atoms with Crippen molar-refractivity contribution >= 4 is 28.8 Å². The number of allylic oxidation sites excluding steroid dienone is 2. The van der Waals surface area contributed by atoms with Gasteiger partial charge >= 0.3 is 6.03 Å². The molecule has 1 saturated heterocycles. The molecule has 0 bridgehead atoms. The molecule has 7 rings (SSSR count). The lowest BCUT2D eigenvalue weighted by Crippen LogP contribution is -2.60. The van der Waals surface area contributed by atoms with Gasteiger partial charge in [-0.1, -0.05) is 142 Å². The number of urea groups is 1. The third kappa shape index (κ3) is 6.68. The molecule has 1 aliphatic carbocycles. The average molecular weight is 731 g/mol. The number of rotatable bonds is 8. The van der Waals surface area contributed by atoms with E-state index in [9.17, 15) is 4.79 Å². The molecular formula is C43H44ClFN6O2. The van der Waals surface area contributed by atoms with Crippen LogP contribution in [0, 0.1) is 11.3 Å². The topological polar surface area (TPSA) is 85.2 Å². The molecule has 2 aliphatic rings. The van der Waals surface area contributed by atoms with E-state index in [0.29, 0.717) is 24.6 Å². The molecule has 1 aromatic heterocycles. The van der Waals surface area contributed by atoms with Crippen molar-refractivity contribution in [1.29, 1.82) is 0 Å². The van der Waals surface area contributed by atoms with Crippen LogP contribution in [0.4, 0.5) is 9.18 Å². The maximum atomic E-state index is 17.0. The van der Waals surface area contributed by atoms with Crippen molar-refractivity contribution in [2.45, 2.75) is 50.3 Å². The molecular weight excluding hydrogens is 687 g/mol. The van der Waals surface area contributed by atoms with Gasteiger partial charge in [-0.25, -0.2) is 9.18 Å². The summed E-state index contributed by atoms with van der Waals surface area (Å²) >= 11 is 6.97. The second-order valence-electron chi connectivity index (χ2n) is 14.8. The normalized spacial score (nSPS) is 19.9. The quantitative estimate of drug-likeness (QED) is 0.0981. The zero-order chi connectivity index (χ0) is 37.2. The Kier molecular flexibility index (Phi) is 10.1. The average Bonchev–Trinajstić information content (AvgIpc) is 3.69. The minimum absolute atomic E-state index is 0.136. The molecule has 272 valence electrons.